The van der Waals surface area contributed by atoms with E-state index in [0.717, 1.165) is 13.0 Å². The van der Waals surface area contributed by atoms with E-state index in [2.05, 4.69) is 34.1 Å². The number of amides is 1. The highest BCUT2D eigenvalue weighted by molar-refractivity contribution is 5.75. The van der Waals surface area contributed by atoms with Crippen LogP contribution < -0.4 is 11.1 Å². The lowest BCUT2D eigenvalue weighted by molar-refractivity contribution is -0.122. The Morgan fingerprint density at radius 3 is 2.68 bits per heavy atom. The highest BCUT2D eigenvalue weighted by atomic mass is 16.2. The first-order chi connectivity index (χ1) is 8.86. The van der Waals surface area contributed by atoms with Gasteiger partial charge in [-0.25, -0.2) is 9.67 Å². The zero-order chi connectivity index (χ0) is 14.4. The molecule has 1 unspecified atom stereocenters. The minimum atomic E-state index is -0.0719. The molecule has 1 heterocycles. The summed E-state index contributed by atoms with van der Waals surface area (Å²) in [6.45, 7) is 5.26. The van der Waals surface area contributed by atoms with Crippen molar-refractivity contribution >= 4 is 11.9 Å². The highest BCUT2D eigenvalue weighted by Crippen LogP contribution is 2.05. The summed E-state index contributed by atoms with van der Waals surface area (Å²) in [6, 6.07) is 0.142. The van der Waals surface area contributed by atoms with Crippen LogP contribution in [0.2, 0.25) is 0 Å². The average Bonchev–Trinajstić information content (AvgIpc) is 2.61. The molecule has 1 rings (SSSR count). The Balaban J connectivity index is 2.50. The lowest BCUT2D eigenvalue weighted by atomic mass is 10.0. The largest absolute Gasteiger partial charge is 0.367 e. The number of nitrogens with one attached hydrogen (secondary N) is 1. The van der Waals surface area contributed by atoms with E-state index < -0.39 is 0 Å². The van der Waals surface area contributed by atoms with E-state index in [-0.39, 0.29) is 24.4 Å². The standard InChI is InChI=1S/C12H24N6O/c1-9(2)5-10(6-17(3)4)15-11(19)7-18-8-14-12(13)16-18/h8-10H,5-7H2,1-4H3,(H2,13,16)(H,15,19). The van der Waals surface area contributed by atoms with Gasteiger partial charge in [0.1, 0.15) is 12.9 Å². The first kappa shape index (κ1) is 15.4. The first-order valence-corrected chi connectivity index (χ1v) is 6.45. The van der Waals surface area contributed by atoms with Crippen molar-refractivity contribution in [1.82, 2.24) is 25.0 Å². The van der Waals surface area contributed by atoms with Gasteiger partial charge in [0.2, 0.25) is 11.9 Å². The topological polar surface area (TPSA) is 89.1 Å². The smallest absolute Gasteiger partial charge is 0.242 e. The van der Waals surface area contributed by atoms with Crippen LogP contribution >= 0.6 is 0 Å². The van der Waals surface area contributed by atoms with Crippen molar-refractivity contribution in [3.8, 4) is 0 Å². The lowest BCUT2D eigenvalue weighted by Gasteiger charge is -2.23. The Hall–Kier alpha value is -1.63. The minimum Gasteiger partial charge on any atom is -0.367 e. The number of nitrogens with two attached hydrogens (primary N) is 1. The molecule has 1 aromatic rings. The van der Waals surface area contributed by atoms with E-state index >= 15 is 0 Å². The Kier molecular flexibility index (Phi) is 5.75. The van der Waals surface area contributed by atoms with E-state index in [1.807, 2.05) is 14.1 Å². The predicted molar refractivity (Wildman–Crippen MR) is 74.4 cm³/mol. The zero-order valence-corrected chi connectivity index (χ0v) is 12.1. The number of carbonyl (C=O) groups excluding carboxylic acids is 1. The van der Waals surface area contributed by atoms with Crippen LogP contribution in [-0.4, -0.2) is 52.3 Å². The molecule has 0 spiro atoms. The highest BCUT2D eigenvalue weighted by Gasteiger charge is 2.15. The van der Waals surface area contributed by atoms with E-state index in [1.165, 1.54) is 11.0 Å². The third-order valence-electron chi connectivity index (χ3n) is 2.57. The van der Waals surface area contributed by atoms with Crippen molar-refractivity contribution in [3.05, 3.63) is 6.33 Å². The van der Waals surface area contributed by atoms with Gasteiger partial charge in [0, 0.05) is 12.6 Å². The normalized spacial score (nSPS) is 12.9. The molecule has 7 heteroatoms. The SMILES string of the molecule is CC(C)CC(CN(C)C)NC(=O)Cn1cnc(N)n1. The van der Waals surface area contributed by atoms with Gasteiger partial charge in [0.05, 0.1) is 0 Å². The van der Waals surface area contributed by atoms with Crippen LogP contribution in [0.25, 0.3) is 0 Å². The number of hydrogen-bond acceptors (Lipinski definition) is 5. The summed E-state index contributed by atoms with van der Waals surface area (Å²) < 4.78 is 1.44. The molecule has 0 aliphatic carbocycles. The molecule has 108 valence electrons. The summed E-state index contributed by atoms with van der Waals surface area (Å²) in [4.78, 5) is 17.8. The van der Waals surface area contributed by atoms with Crippen LogP contribution in [0.1, 0.15) is 20.3 Å². The van der Waals surface area contributed by atoms with Gasteiger partial charge < -0.3 is 16.0 Å². The molecule has 3 N–H and O–H groups in total. The fourth-order valence-corrected chi connectivity index (χ4v) is 1.99. The van der Waals surface area contributed by atoms with Crippen LogP contribution in [0.5, 0.6) is 0 Å². The van der Waals surface area contributed by atoms with Crippen LogP contribution in [0.15, 0.2) is 6.33 Å². The maximum Gasteiger partial charge on any atom is 0.242 e. The molecule has 0 bridgehead atoms. The molecule has 7 nitrogen and oxygen atoms in total. The second kappa shape index (κ2) is 7.08. The Labute approximate surface area is 114 Å². The van der Waals surface area contributed by atoms with Crippen molar-refractivity contribution in [2.75, 3.05) is 26.4 Å². The number of likely N-dealkylation sites (N-methyl/N-ethyl adjacent to an activating group) is 1. The summed E-state index contributed by atoms with van der Waals surface area (Å²) in [5.41, 5.74) is 5.41. The van der Waals surface area contributed by atoms with E-state index in [9.17, 15) is 4.79 Å². The minimum absolute atomic E-state index is 0.0719. The molecule has 0 saturated heterocycles. The van der Waals surface area contributed by atoms with Crippen LogP contribution in [0.4, 0.5) is 5.95 Å². The molecular weight excluding hydrogens is 244 g/mol. The molecule has 1 aromatic heterocycles. The van der Waals surface area contributed by atoms with Gasteiger partial charge in [-0.2, -0.15) is 0 Å². The Morgan fingerprint density at radius 1 is 1.53 bits per heavy atom. The van der Waals surface area contributed by atoms with Gasteiger partial charge in [0.15, 0.2) is 0 Å². The molecule has 0 radical (unpaired) electrons. The second-order valence-electron chi connectivity index (χ2n) is 5.46. The summed E-state index contributed by atoms with van der Waals surface area (Å²) in [6.07, 6.45) is 2.40. The quantitative estimate of drug-likeness (QED) is 0.724. The fraction of sp³-hybridized carbons (Fsp3) is 0.750. The monoisotopic (exact) mass is 268 g/mol. The molecule has 0 aliphatic heterocycles. The lowest BCUT2D eigenvalue weighted by Crippen LogP contribution is -2.43. The number of carbonyl (C=O) groups is 1. The third-order valence-corrected chi connectivity index (χ3v) is 2.57. The summed E-state index contributed by atoms with van der Waals surface area (Å²) in [5, 5.41) is 6.92. The Bertz CT molecular complexity index is 391. The fourth-order valence-electron chi connectivity index (χ4n) is 1.99. The van der Waals surface area contributed by atoms with Crippen molar-refractivity contribution < 1.29 is 4.79 Å². The maximum atomic E-state index is 11.9. The van der Waals surface area contributed by atoms with E-state index in [4.69, 9.17) is 5.73 Å². The third kappa shape index (κ3) is 6.19. The van der Waals surface area contributed by atoms with Crippen LogP contribution in [0.3, 0.4) is 0 Å². The molecule has 19 heavy (non-hydrogen) atoms. The van der Waals surface area contributed by atoms with Gasteiger partial charge in [-0.05, 0) is 26.4 Å². The second-order valence-corrected chi connectivity index (χ2v) is 5.46. The van der Waals surface area contributed by atoms with Crippen molar-refractivity contribution in [2.24, 2.45) is 5.92 Å². The molecule has 1 amide bonds. The molecule has 0 aliphatic rings. The molecule has 0 saturated carbocycles. The summed E-state index contributed by atoms with van der Waals surface area (Å²) in [7, 11) is 4.00. The number of rotatable bonds is 7. The number of aromatic nitrogens is 3. The van der Waals surface area contributed by atoms with Crippen LogP contribution in [0, 0.1) is 5.92 Å². The maximum absolute atomic E-state index is 11.9. The van der Waals surface area contributed by atoms with E-state index in [1.54, 1.807) is 0 Å². The van der Waals surface area contributed by atoms with Crippen molar-refractivity contribution in [3.63, 3.8) is 0 Å². The predicted octanol–water partition coefficient (Wildman–Crippen LogP) is -0.0472. The molecule has 0 aromatic carbocycles. The number of hydrogen-bond donors (Lipinski definition) is 2. The van der Waals surface area contributed by atoms with E-state index in [0.29, 0.717) is 5.92 Å². The molecular formula is C12H24N6O. The zero-order valence-electron chi connectivity index (χ0n) is 12.1. The summed E-state index contributed by atoms with van der Waals surface area (Å²) >= 11 is 0. The van der Waals surface area contributed by atoms with Gasteiger partial charge >= 0.3 is 0 Å². The van der Waals surface area contributed by atoms with Crippen LogP contribution in [-0.2, 0) is 11.3 Å². The average molecular weight is 268 g/mol. The van der Waals surface area contributed by atoms with Gasteiger partial charge in [-0.1, -0.05) is 13.8 Å². The van der Waals surface area contributed by atoms with Crippen molar-refractivity contribution in [1.29, 1.82) is 0 Å². The van der Waals surface area contributed by atoms with Gasteiger partial charge in [0.25, 0.3) is 0 Å². The first-order valence-electron chi connectivity index (χ1n) is 6.45. The summed E-state index contributed by atoms with van der Waals surface area (Å²) in [5.74, 6) is 0.643. The van der Waals surface area contributed by atoms with Gasteiger partial charge in [-0.3, -0.25) is 4.79 Å². The molecule has 1 atom stereocenters. The molecule has 0 fully saturated rings. The number of nitrogen functional groups attached to an aromatic ring is 1. The van der Waals surface area contributed by atoms with Crippen molar-refractivity contribution in [2.45, 2.75) is 32.9 Å². The number of anilines is 1. The Morgan fingerprint density at radius 2 is 2.21 bits per heavy atom. The van der Waals surface area contributed by atoms with Gasteiger partial charge in [-0.15, -0.1) is 5.10 Å². The number of nitrogens with zero attached hydrogens (tertiary/aromatic N) is 4.